The molecule has 3 heterocycles. The lowest BCUT2D eigenvalue weighted by Crippen LogP contribution is -2.50. The van der Waals surface area contributed by atoms with E-state index in [4.69, 9.17) is 9.47 Å². The summed E-state index contributed by atoms with van der Waals surface area (Å²) in [7, 11) is 1.43. The van der Waals surface area contributed by atoms with Crippen molar-refractivity contribution in [1.29, 1.82) is 0 Å². The Balaban J connectivity index is 1.06. The molecule has 0 N–H and O–H groups in total. The van der Waals surface area contributed by atoms with Crippen LogP contribution in [0.5, 0.6) is 0 Å². The second-order valence-corrected chi connectivity index (χ2v) is 9.81. The van der Waals surface area contributed by atoms with Gasteiger partial charge in [-0.25, -0.2) is 4.79 Å². The zero-order chi connectivity index (χ0) is 21.6. The number of amides is 1. The van der Waals surface area contributed by atoms with E-state index in [0.717, 1.165) is 57.6 Å². The molecule has 4 aliphatic rings. The molecule has 1 unspecified atom stereocenters. The van der Waals surface area contributed by atoms with Crippen molar-refractivity contribution >= 4 is 12.1 Å². The molecule has 1 aliphatic carbocycles. The zero-order valence-corrected chi connectivity index (χ0v) is 19.2. The Bertz CT molecular complexity index is 598. The first-order valence-corrected chi connectivity index (χ1v) is 12.3. The minimum Gasteiger partial charge on any atom is -0.468 e. The SMILES string of the molecule is COC(=O)CN1CCN(CC2CN(CCCCC3CCN(C4CC4)CC3)C(=O)O2)CC1. The van der Waals surface area contributed by atoms with Crippen molar-refractivity contribution < 1.29 is 19.1 Å². The average molecular weight is 437 g/mol. The molecule has 31 heavy (non-hydrogen) atoms. The highest BCUT2D eigenvalue weighted by atomic mass is 16.6. The first kappa shape index (κ1) is 22.8. The van der Waals surface area contributed by atoms with Gasteiger partial charge in [-0.15, -0.1) is 0 Å². The van der Waals surface area contributed by atoms with Crippen LogP contribution in [0.15, 0.2) is 0 Å². The summed E-state index contributed by atoms with van der Waals surface area (Å²) in [5, 5.41) is 0. The molecule has 176 valence electrons. The van der Waals surface area contributed by atoms with Crippen LogP contribution >= 0.6 is 0 Å². The minimum atomic E-state index is -0.183. The van der Waals surface area contributed by atoms with Crippen LogP contribution in [0.4, 0.5) is 4.79 Å². The third-order valence-electron chi connectivity index (χ3n) is 7.46. The molecule has 0 radical (unpaired) electrons. The Morgan fingerprint density at radius 1 is 1.00 bits per heavy atom. The van der Waals surface area contributed by atoms with E-state index in [1.165, 1.54) is 58.7 Å². The van der Waals surface area contributed by atoms with Crippen molar-refractivity contribution in [2.75, 3.05) is 72.6 Å². The molecule has 0 aromatic heterocycles. The number of esters is 1. The first-order chi connectivity index (χ1) is 15.1. The van der Waals surface area contributed by atoms with Gasteiger partial charge in [0.1, 0.15) is 6.10 Å². The van der Waals surface area contributed by atoms with Gasteiger partial charge in [-0.05, 0) is 51.1 Å². The lowest BCUT2D eigenvalue weighted by atomic mass is 9.91. The van der Waals surface area contributed by atoms with Gasteiger partial charge in [0.25, 0.3) is 0 Å². The summed E-state index contributed by atoms with van der Waals surface area (Å²) in [5.41, 5.74) is 0. The standard InChI is InChI=1S/C23H40N4O4/c1-30-22(28)18-25-14-12-24(13-15-25)16-21-17-27(23(29)31-21)9-3-2-4-19-7-10-26(11-8-19)20-5-6-20/h19-21H,2-18H2,1H3. The van der Waals surface area contributed by atoms with Crippen molar-refractivity contribution in [2.45, 2.75) is 57.1 Å². The minimum absolute atomic E-state index is 0.0357. The van der Waals surface area contributed by atoms with Gasteiger partial charge in [-0.3, -0.25) is 14.6 Å². The average Bonchev–Trinajstić information content (AvgIpc) is 3.57. The van der Waals surface area contributed by atoms with Crippen LogP contribution in [0.2, 0.25) is 0 Å². The number of hydrogen-bond donors (Lipinski definition) is 0. The number of carbonyl (C=O) groups excluding carboxylic acids is 2. The van der Waals surface area contributed by atoms with E-state index in [2.05, 4.69) is 14.7 Å². The van der Waals surface area contributed by atoms with Crippen LogP contribution in [0.25, 0.3) is 0 Å². The molecule has 4 rings (SSSR count). The Morgan fingerprint density at radius 2 is 1.71 bits per heavy atom. The van der Waals surface area contributed by atoms with Crippen molar-refractivity contribution in [2.24, 2.45) is 5.92 Å². The molecule has 8 heteroatoms. The Hall–Kier alpha value is -1.38. The van der Waals surface area contributed by atoms with Gasteiger partial charge in [0.05, 0.1) is 20.2 Å². The van der Waals surface area contributed by atoms with Crippen LogP contribution in [-0.2, 0) is 14.3 Å². The van der Waals surface area contributed by atoms with E-state index < -0.39 is 0 Å². The van der Waals surface area contributed by atoms with Gasteiger partial charge >= 0.3 is 12.1 Å². The van der Waals surface area contributed by atoms with E-state index in [1.54, 1.807) is 0 Å². The van der Waals surface area contributed by atoms with Crippen molar-refractivity contribution in [3.05, 3.63) is 0 Å². The Labute approximate surface area is 186 Å². The second kappa shape index (κ2) is 11.0. The van der Waals surface area contributed by atoms with Gasteiger partial charge in [0.15, 0.2) is 0 Å². The number of piperidine rings is 1. The maximum Gasteiger partial charge on any atom is 0.410 e. The van der Waals surface area contributed by atoms with E-state index >= 15 is 0 Å². The third-order valence-corrected chi connectivity index (χ3v) is 7.46. The van der Waals surface area contributed by atoms with Crippen LogP contribution in [0.1, 0.15) is 44.9 Å². The Kier molecular flexibility index (Phi) is 8.07. The number of nitrogens with zero attached hydrogens (tertiary/aromatic N) is 4. The van der Waals surface area contributed by atoms with E-state index in [1.807, 2.05) is 4.90 Å². The molecule has 1 saturated carbocycles. The fourth-order valence-electron chi connectivity index (χ4n) is 5.30. The number of hydrogen-bond acceptors (Lipinski definition) is 7. The number of cyclic esters (lactones) is 1. The number of ether oxygens (including phenoxy) is 2. The Morgan fingerprint density at radius 3 is 2.39 bits per heavy atom. The van der Waals surface area contributed by atoms with Crippen LogP contribution < -0.4 is 0 Å². The van der Waals surface area contributed by atoms with Crippen molar-refractivity contribution in [1.82, 2.24) is 19.6 Å². The largest absolute Gasteiger partial charge is 0.468 e. The molecular weight excluding hydrogens is 396 g/mol. The third kappa shape index (κ3) is 6.80. The number of methoxy groups -OCH3 is 1. The molecule has 0 aromatic carbocycles. The lowest BCUT2D eigenvalue weighted by molar-refractivity contribution is -0.142. The zero-order valence-electron chi connectivity index (χ0n) is 19.2. The summed E-state index contributed by atoms with van der Waals surface area (Å²) in [5.74, 6) is 0.698. The predicted octanol–water partition coefficient (Wildman–Crippen LogP) is 1.64. The number of piperazine rings is 1. The van der Waals surface area contributed by atoms with Gasteiger partial charge in [-0.1, -0.05) is 12.8 Å². The summed E-state index contributed by atoms with van der Waals surface area (Å²) < 4.78 is 10.4. The molecule has 0 spiro atoms. The quantitative estimate of drug-likeness (QED) is 0.381. The van der Waals surface area contributed by atoms with E-state index in [9.17, 15) is 9.59 Å². The monoisotopic (exact) mass is 436 g/mol. The summed E-state index contributed by atoms with van der Waals surface area (Å²) in [6, 6.07) is 0.916. The van der Waals surface area contributed by atoms with Crippen molar-refractivity contribution in [3.8, 4) is 0 Å². The normalized spacial score (nSPS) is 26.9. The predicted molar refractivity (Wildman–Crippen MR) is 118 cm³/mol. The van der Waals surface area contributed by atoms with E-state index in [0.29, 0.717) is 13.1 Å². The lowest BCUT2D eigenvalue weighted by Gasteiger charge is -2.34. The fraction of sp³-hybridized carbons (Fsp3) is 0.913. The topological polar surface area (TPSA) is 65.6 Å². The molecule has 3 aliphatic heterocycles. The molecule has 0 aromatic rings. The molecule has 3 saturated heterocycles. The highest BCUT2D eigenvalue weighted by Crippen LogP contribution is 2.32. The van der Waals surface area contributed by atoms with Gasteiger partial charge < -0.3 is 19.3 Å². The highest BCUT2D eigenvalue weighted by molar-refractivity contribution is 5.71. The van der Waals surface area contributed by atoms with Gasteiger partial charge in [0, 0.05) is 45.3 Å². The van der Waals surface area contributed by atoms with Crippen LogP contribution in [-0.4, -0.2) is 116 Å². The molecule has 1 amide bonds. The summed E-state index contributed by atoms with van der Waals surface area (Å²) >= 11 is 0. The van der Waals surface area contributed by atoms with Crippen LogP contribution in [0, 0.1) is 5.92 Å². The molecule has 0 bridgehead atoms. The highest BCUT2D eigenvalue weighted by Gasteiger charge is 2.33. The molecule has 8 nitrogen and oxygen atoms in total. The van der Waals surface area contributed by atoms with Crippen LogP contribution in [0.3, 0.4) is 0 Å². The fourth-order valence-corrected chi connectivity index (χ4v) is 5.30. The first-order valence-electron chi connectivity index (χ1n) is 12.3. The summed E-state index contributed by atoms with van der Waals surface area (Å²) in [4.78, 5) is 32.7. The number of carbonyl (C=O) groups is 2. The van der Waals surface area contributed by atoms with Gasteiger partial charge in [0.2, 0.25) is 0 Å². The summed E-state index contributed by atoms with van der Waals surface area (Å²) in [6.45, 7) is 8.75. The maximum absolute atomic E-state index is 12.3. The molecule has 1 atom stereocenters. The van der Waals surface area contributed by atoms with Crippen molar-refractivity contribution in [3.63, 3.8) is 0 Å². The van der Waals surface area contributed by atoms with E-state index in [-0.39, 0.29) is 18.2 Å². The number of likely N-dealkylation sites (tertiary alicyclic amines) is 1. The summed E-state index contributed by atoms with van der Waals surface area (Å²) in [6.07, 6.45) is 8.97. The number of rotatable bonds is 10. The van der Waals surface area contributed by atoms with Gasteiger partial charge in [-0.2, -0.15) is 0 Å². The number of unbranched alkanes of at least 4 members (excludes halogenated alkanes) is 1. The maximum atomic E-state index is 12.3. The molecule has 4 fully saturated rings. The molecular formula is C23H40N4O4. The smallest absolute Gasteiger partial charge is 0.410 e. The second-order valence-electron chi connectivity index (χ2n) is 9.81.